The molecule has 3 saturated heterocycles. The van der Waals surface area contributed by atoms with Crippen LogP contribution in [0.1, 0.15) is 110 Å². The van der Waals surface area contributed by atoms with Crippen LogP contribution >= 0.6 is 0 Å². The minimum atomic E-state index is -0.384. The fraction of sp³-hybridized carbons (Fsp3) is 0.351. The maximum absolute atomic E-state index is 13.7. The standard InChI is InChI=1S/C27H27N5O4.C26H27N5O3.C4H8O.B.Li.H/c1-18-12-13-20(17-31(18)27(34)21-10-6-7-11-23(21)32-28-14-15-29-32)26-30-22(16-24(33)35-2)25(36-26)19-8-4-3-5-9-19;1-18-11-12-20(25-29-22(13-16-32)24(34-25)19-7-3-2-4-8-19)17-30(18)26(33)21-9-5-6-10-23(21)31-27-14-15-28-31;1-2-4-5-3-1;;;/h3-11,14-15,18,20H,12-13,16-17H2,1-2H3;2-10,14-15,18,20,32H,11-13,16-17H2,1H3;1-4H2;;;/q;;;;+1;-1/t2*18-,20-;;;;/m11..../s1. The second-order valence-electron chi connectivity index (χ2n) is 18.8. The van der Waals surface area contributed by atoms with E-state index in [0.717, 1.165) is 55.7 Å². The predicted octanol–water partition coefficient (Wildman–Crippen LogP) is 5.44. The van der Waals surface area contributed by atoms with Gasteiger partial charge >= 0.3 is 24.8 Å². The molecule has 393 valence electrons. The first-order valence-corrected chi connectivity index (χ1v) is 25.6. The van der Waals surface area contributed by atoms with E-state index in [1.54, 1.807) is 30.9 Å². The summed E-state index contributed by atoms with van der Waals surface area (Å²) in [5.41, 5.74) is 5.43. The Labute approximate surface area is 463 Å². The Kier molecular flexibility index (Phi) is 20.5. The molecular weight excluding hydrogens is 970 g/mol. The van der Waals surface area contributed by atoms with Gasteiger partial charge in [-0.05, 0) is 76.6 Å². The summed E-state index contributed by atoms with van der Waals surface area (Å²) in [5, 5.41) is 26.4. The van der Waals surface area contributed by atoms with Gasteiger partial charge in [-0.1, -0.05) is 84.9 Å². The van der Waals surface area contributed by atoms with Crippen molar-refractivity contribution in [3.8, 4) is 34.0 Å². The van der Waals surface area contributed by atoms with Crippen molar-refractivity contribution >= 4 is 26.2 Å². The number of hydrogen-bond donors (Lipinski definition) is 1. The van der Waals surface area contributed by atoms with Gasteiger partial charge in [-0.3, -0.25) is 14.4 Å². The number of para-hydroxylation sites is 2. The number of aliphatic hydroxyl groups excluding tert-OH is 1. The Morgan fingerprint density at radius 3 is 1.44 bits per heavy atom. The number of methoxy groups -OCH3 is 1. The van der Waals surface area contributed by atoms with Gasteiger partial charge in [0.1, 0.15) is 0 Å². The van der Waals surface area contributed by atoms with E-state index in [1.807, 2.05) is 113 Å². The van der Waals surface area contributed by atoms with Gasteiger partial charge in [0.05, 0.1) is 84.0 Å². The number of likely N-dealkylation sites (tertiary alicyclic amines) is 2. The molecule has 4 aromatic heterocycles. The summed E-state index contributed by atoms with van der Waals surface area (Å²) in [7, 11) is 1.36. The number of rotatable bonds is 12. The average Bonchev–Trinajstić information content (AvgIpc) is 4.34. The number of ether oxygens (including phenoxy) is 2. The number of carbonyl (C=O) groups excluding carboxylic acids is 3. The van der Waals surface area contributed by atoms with E-state index < -0.39 is 0 Å². The smallest absolute Gasteiger partial charge is 1.00 e. The molecular formula is C57H63BLiN10O8. The first-order chi connectivity index (χ1) is 36.7. The molecule has 7 heterocycles. The van der Waals surface area contributed by atoms with E-state index in [4.69, 9.17) is 28.3 Å². The number of hydrogen-bond acceptors (Lipinski definition) is 14. The van der Waals surface area contributed by atoms with E-state index >= 15 is 0 Å². The van der Waals surface area contributed by atoms with Crippen LogP contribution in [-0.2, 0) is 27.1 Å². The van der Waals surface area contributed by atoms with E-state index in [2.05, 4.69) is 34.2 Å². The molecule has 0 unspecified atom stereocenters. The second kappa shape index (κ2) is 27.6. The Morgan fingerprint density at radius 1 is 0.610 bits per heavy atom. The normalized spacial score (nSPS) is 17.9. The van der Waals surface area contributed by atoms with Crippen molar-refractivity contribution in [3.63, 3.8) is 0 Å². The number of piperidine rings is 2. The van der Waals surface area contributed by atoms with Crippen LogP contribution in [0.5, 0.6) is 0 Å². The van der Waals surface area contributed by atoms with Crippen molar-refractivity contribution in [2.75, 3.05) is 40.0 Å². The molecule has 11 rings (SSSR count). The van der Waals surface area contributed by atoms with Crippen molar-refractivity contribution in [1.82, 2.24) is 49.8 Å². The van der Waals surface area contributed by atoms with Gasteiger partial charge in [0.15, 0.2) is 23.3 Å². The predicted molar refractivity (Wildman–Crippen MR) is 285 cm³/mol. The molecule has 0 saturated carbocycles. The largest absolute Gasteiger partial charge is 1.00 e. The van der Waals surface area contributed by atoms with Gasteiger partial charge in [-0.25, -0.2) is 9.97 Å². The van der Waals surface area contributed by atoms with E-state index in [-0.39, 0.29) is 83.4 Å². The topological polar surface area (TPSA) is 210 Å². The third kappa shape index (κ3) is 13.8. The maximum Gasteiger partial charge on any atom is 1.00 e. The summed E-state index contributed by atoms with van der Waals surface area (Å²) in [4.78, 5) is 55.6. The molecule has 8 aromatic rings. The van der Waals surface area contributed by atoms with Crippen LogP contribution in [0.2, 0.25) is 0 Å². The molecule has 20 heteroatoms. The second-order valence-corrected chi connectivity index (χ2v) is 18.8. The summed E-state index contributed by atoms with van der Waals surface area (Å²) in [6.45, 7) is 7.08. The number of benzene rings is 4. The Bertz CT molecular complexity index is 3120. The number of aromatic nitrogens is 8. The van der Waals surface area contributed by atoms with Gasteiger partial charge in [-0.2, -0.15) is 30.0 Å². The SMILES string of the molecule is C1CCOC1.COC(=O)Cc1nc([C@@H]2CC[C@@H](C)N(C(=O)c3ccccc3-n3nccn3)C2)oc1-c1ccccc1.C[C@@H]1CC[C@@H](c2nc(CCO)c(-c3ccccc3)o2)CN1C(=O)c1ccccc1-n1nccn1.[B].[H-].[Li+]. The summed E-state index contributed by atoms with van der Waals surface area (Å²) in [6.07, 6.45) is 12.7. The minimum absolute atomic E-state index is 0. The quantitative estimate of drug-likeness (QED) is 0.119. The third-order valence-corrected chi connectivity index (χ3v) is 13.7. The van der Waals surface area contributed by atoms with Crippen LogP contribution in [0.4, 0.5) is 0 Å². The number of amides is 2. The van der Waals surface area contributed by atoms with Gasteiger partial charge in [-0.15, -0.1) is 0 Å². The van der Waals surface area contributed by atoms with Crippen molar-refractivity contribution in [3.05, 3.63) is 168 Å². The van der Waals surface area contributed by atoms with Gasteiger partial charge in [0, 0.05) is 71.0 Å². The number of oxazole rings is 2. The zero-order chi connectivity index (χ0) is 52.1. The molecule has 3 aliphatic heterocycles. The Hall–Kier alpha value is -7.43. The number of carbonyl (C=O) groups is 3. The van der Waals surface area contributed by atoms with Gasteiger partial charge in [0.2, 0.25) is 0 Å². The van der Waals surface area contributed by atoms with Crippen LogP contribution in [-0.4, -0.2) is 133 Å². The molecule has 3 aliphatic rings. The van der Waals surface area contributed by atoms with Crippen LogP contribution in [0.15, 0.2) is 143 Å². The number of esters is 1. The molecule has 77 heavy (non-hydrogen) atoms. The molecule has 3 fully saturated rings. The van der Waals surface area contributed by atoms with Crippen LogP contribution < -0.4 is 18.9 Å². The number of nitrogens with zero attached hydrogens (tertiary/aromatic N) is 10. The Morgan fingerprint density at radius 2 is 1.03 bits per heavy atom. The van der Waals surface area contributed by atoms with Crippen LogP contribution in [0.25, 0.3) is 34.0 Å². The monoisotopic (exact) mass is 1030 g/mol. The molecule has 18 nitrogen and oxygen atoms in total. The third-order valence-electron chi connectivity index (χ3n) is 13.7. The van der Waals surface area contributed by atoms with E-state index in [9.17, 15) is 19.5 Å². The Balaban J connectivity index is 0.000000223. The minimum Gasteiger partial charge on any atom is -1.00 e. The first-order valence-electron chi connectivity index (χ1n) is 25.6. The summed E-state index contributed by atoms with van der Waals surface area (Å²) >= 11 is 0. The molecule has 0 spiro atoms. The van der Waals surface area contributed by atoms with E-state index in [1.165, 1.54) is 29.5 Å². The molecule has 4 atom stereocenters. The van der Waals surface area contributed by atoms with Gasteiger partial charge < -0.3 is 34.6 Å². The van der Waals surface area contributed by atoms with Crippen molar-refractivity contribution < 1.29 is 58.1 Å². The summed E-state index contributed by atoms with van der Waals surface area (Å²) < 4.78 is 22.3. The fourth-order valence-corrected chi connectivity index (χ4v) is 9.66. The average molecular weight is 1030 g/mol. The van der Waals surface area contributed by atoms with Crippen molar-refractivity contribution in [1.29, 1.82) is 0 Å². The summed E-state index contributed by atoms with van der Waals surface area (Å²) in [5.74, 6) is 1.73. The van der Waals surface area contributed by atoms with E-state index in [0.29, 0.717) is 71.0 Å². The number of aliphatic hydroxyl groups is 1. The molecule has 4 aromatic carbocycles. The molecule has 0 aliphatic carbocycles. The molecule has 3 radical (unpaired) electrons. The zero-order valence-electron chi connectivity index (χ0n) is 45.1. The fourth-order valence-electron chi connectivity index (χ4n) is 9.66. The zero-order valence-corrected chi connectivity index (χ0v) is 44.1. The van der Waals surface area contributed by atoms with Crippen LogP contribution in [0.3, 0.4) is 0 Å². The molecule has 0 bridgehead atoms. The van der Waals surface area contributed by atoms with Crippen LogP contribution in [0, 0.1) is 0 Å². The van der Waals surface area contributed by atoms with Crippen molar-refractivity contribution in [2.24, 2.45) is 0 Å². The summed E-state index contributed by atoms with van der Waals surface area (Å²) in [6, 6.07) is 34.2. The first kappa shape index (κ1) is 57.3. The van der Waals surface area contributed by atoms with Crippen molar-refractivity contribution in [2.45, 2.75) is 89.1 Å². The maximum atomic E-state index is 13.7. The molecule has 2 amide bonds. The van der Waals surface area contributed by atoms with Gasteiger partial charge in [0.25, 0.3) is 11.8 Å². The molecule has 1 N–H and O–H groups in total.